The molecule has 0 aromatic heterocycles. The van der Waals surface area contributed by atoms with E-state index in [1.807, 2.05) is 0 Å². The van der Waals surface area contributed by atoms with E-state index in [1.54, 1.807) is 0 Å². The number of hydrogen-bond donors (Lipinski definition) is 3. The van der Waals surface area contributed by atoms with Crippen molar-refractivity contribution in [2.45, 2.75) is 4.75 Å². The first-order chi connectivity index (χ1) is 13.5. The maximum Gasteiger partial charge on any atom is 0.283 e. The number of aromatic hydroxyl groups is 2. The minimum Gasteiger partial charge on any atom is -0.506 e. The van der Waals surface area contributed by atoms with Crippen molar-refractivity contribution in [3.8, 4) is 11.5 Å². The van der Waals surface area contributed by atoms with Crippen molar-refractivity contribution in [3.05, 3.63) is 91.4 Å². The lowest BCUT2D eigenvalue weighted by Gasteiger charge is -2.33. The summed E-state index contributed by atoms with van der Waals surface area (Å²) in [6.45, 7) is 0. The number of phenolic OH excluding ortho intramolecular Hbond substituents is 2. The molecular formula is C19H12Cl4O5S. The Hall–Kier alpha value is -1.67. The Labute approximate surface area is 186 Å². The first-order valence-electron chi connectivity index (χ1n) is 7.90. The zero-order valence-corrected chi connectivity index (χ0v) is 18.1. The van der Waals surface area contributed by atoms with Crippen LogP contribution in [0.4, 0.5) is 0 Å². The van der Waals surface area contributed by atoms with Gasteiger partial charge in [0.05, 0.1) is 20.1 Å². The molecular weight excluding hydrogens is 482 g/mol. The van der Waals surface area contributed by atoms with Gasteiger partial charge in [0.15, 0.2) is 4.75 Å². The van der Waals surface area contributed by atoms with Gasteiger partial charge in [-0.05, 0) is 29.8 Å². The van der Waals surface area contributed by atoms with Crippen LogP contribution in [0.3, 0.4) is 0 Å². The highest BCUT2D eigenvalue weighted by molar-refractivity contribution is 7.87. The number of hydrogen-bond acceptors (Lipinski definition) is 4. The van der Waals surface area contributed by atoms with Crippen LogP contribution in [0.1, 0.15) is 16.7 Å². The molecule has 10 heteroatoms. The Morgan fingerprint density at radius 3 is 1.59 bits per heavy atom. The molecule has 0 aliphatic rings. The summed E-state index contributed by atoms with van der Waals surface area (Å²) in [5.41, 5.74) is -0.739. The van der Waals surface area contributed by atoms with E-state index in [0.717, 1.165) is 0 Å². The minimum absolute atomic E-state index is 0.0137. The van der Waals surface area contributed by atoms with Crippen LogP contribution in [0.2, 0.25) is 20.1 Å². The average molecular weight is 494 g/mol. The molecule has 3 aromatic carbocycles. The van der Waals surface area contributed by atoms with Crippen LogP contribution >= 0.6 is 46.4 Å². The van der Waals surface area contributed by atoms with E-state index in [1.165, 1.54) is 54.6 Å². The molecule has 0 amide bonds. The van der Waals surface area contributed by atoms with E-state index in [9.17, 15) is 23.2 Å². The molecule has 3 rings (SSSR count). The van der Waals surface area contributed by atoms with Gasteiger partial charge in [0, 0.05) is 11.1 Å². The van der Waals surface area contributed by atoms with Crippen LogP contribution in [0, 0.1) is 0 Å². The fourth-order valence-electron chi connectivity index (χ4n) is 3.20. The van der Waals surface area contributed by atoms with Gasteiger partial charge >= 0.3 is 0 Å². The third-order valence-corrected chi connectivity index (χ3v) is 7.24. The highest BCUT2D eigenvalue weighted by Gasteiger charge is 2.52. The smallest absolute Gasteiger partial charge is 0.283 e. The average Bonchev–Trinajstić information content (AvgIpc) is 2.64. The largest absolute Gasteiger partial charge is 0.506 e. The van der Waals surface area contributed by atoms with Crippen LogP contribution in [0.5, 0.6) is 11.5 Å². The van der Waals surface area contributed by atoms with Crippen LogP contribution < -0.4 is 0 Å². The van der Waals surface area contributed by atoms with Gasteiger partial charge in [-0.25, -0.2) is 0 Å². The van der Waals surface area contributed by atoms with Gasteiger partial charge in [-0.3, -0.25) is 4.55 Å². The van der Waals surface area contributed by atoms with Crippen LogP contribution in [0.25, 0.3) is 0 Å². The monoisotopic (exact) mass is 492 g/mol. The van der Waals surface area contributed by atoms with Crippen molar-refractivity contribution in [1.29, 1.82) is 0 Å². The molecule has 5 nitrogen and oxygen atoms in total. The SMILES string of the molecule is O=S(=O)(O)C(c1ccc(Cl)c(Cl)c1)(c1cccc(Cl)c1O)c1cccc(Cl)c1O. The summed E-state index contributed by atoms with van der Waals surface area (Å²) in [6.07, 6.45) is 0. The van der Waals surface area contributed by atoms with Crippen molar-refractivity contribution in [3.63, 3.8) is 0 Å². The van der Waals surface area contributed by atoms with Gasteiger partial charge in [0.2, 0.25) is 0 Å². The number of halogens is 4. The molecule has 3 aromatic rings. The molecule has 29 heavy (non-hydrogen) atoms. The van der Waals surface area contributed by atoms with E-state index < -0.39 is 26.4 Å². The molecule has 0 heterocycles. The van der Waals surface area contributed by atoms with E-state index in [-0.39, 0.29) is 36.8 Å². The molecule has 0 saturated carbocycles. The van der Waals surface area contributed by atoms with Crippen molar-refractivity contribution in [2.75, 3.05) is 0 Å². The Kier molecular flexibility index (Phi) is 5.98. The first-order valence-corrected chi connectivity index (χ1v) is 10.9. The third-order valence-electron chi connectivity index (χ3n) is 4.45. The Bertz CT molecular complexity index is 1160. The summed E-state index contributed by atoms with van der Waals surface area (Å²) in [5, 5.41) is 21.0. The molecule has 0 radical (unpaired) electrons. The fourth-order valence-corrected chi connectivity index (χ4v) is 5.15. The molecule has 0 fully saturated rings. The molecule has 0 atom stereocenters. The number of benzene rings is 3. The standard InChI is InChI=1S/C19H12Cl4O5S/c20-13-8-7-10(9-16(13)23)19(29(26,27)28,11-3-1-5-14(21)17(11)24)12-4-2-6-15(22)18(12)25/h1-9,24-25H,(H,26,27,28). The maximum absolute atomic E-state index is 12.9. The van der Waals surface area contributed by atoms with Crippen LogP contribution in [-0.2, 0) is 14.9 Å². The Balaban J connectivity index is 2.63. The molecule has 0 aliphatic heterocycles. The van der Waals surface area contributed by atoms with Crippen molar-refractivity contribution < 1.29 is 23.2 Å². The second kappa shape index (κ2) is 7.87. The lowest BCUT2D eigenvalue weighted by molar-refractivity contribution is 0.428. The molecule has 0 spiro atoms. The highest BCUT2D eigenvalue weighted by atomic mass is 35.5. The third kappa shape index (κ3) is 3.54. The predicted octanol–water partition coefficient (Wildman–Crippen LogP) is 5.89. The van der Waals surface area contributed by atoms with Gasteiger partial charge in [0.25, 0.3) is 10.1 Å². The zero-order chi connectivity index (χ0) is 21.6. The number of phenols is 2. The van der Waals surface area contributed by atoms with Crippen molar-refractivity contribution in [2.24, 2.45) is 0 Å². The quantitative estimate of drug-likeness (QED) is 0.311. The zero-order valence-electron chi connectivity index (χ0n) is 14.3. The Morgan fingerprint density at radius 2 is 1.17 bits per heavy atom. The minimum atomic E-state index is -5.13. The van der Waals surface area contributed by atoms with E-state index in [2.05, 4.69) is 0 Å². The lowest BCUT2D eigenvalue weighted by Crippen LogP contribution is -2.38. The van der Waals surface area contributed by atoms with E-state index in [0.29, 0.717) is 0 Å². The topological polar surface area (TPSA) is 94.8 Å². The Morgan fingerprint density at radius 1 is 0.690 bits per heavy atom. The maximum atomic E-state index is 12.9. The summed E-state index contributed by atoms with van der Waals surface area (Å²) >= 11 is 24.1. The fraction of sp³-hybridized carbons (Fsp3) is 0.0526. The van der Waals surface area contributed by atoms with E-state index >= 15 is 0 Å². The second-order valence-electron chi connectivity index (χ2n) is 6.06. The summed E-state index contributed by atoms with van der Waals surface area (Å²) in [5.74, 6) is -1.23. The lowest BCUT2D eigenvalue weighted by atomic mass is 9.83. The first kappa shape index (κ1) is 22.0. The van der Waals surface area contributed by atoms with Crippen LogP contribution in [-0.4, -0.2) is 23.2 Å². The summed E-state index contributed by atoms with van der Waals surface area (Å²) in [6, 6.07) is 11.8. The summed E-state index contributed by atoms with van der Waals surface area (Å²) in [4.78, 5) is 0. The normalized spacial score (nSPS) is 12.2. The van der Waals surface area contributed by atoms with Gasteiger partial charge in [-0.15, -0.1) is 0 Å². The highest BCUT2D eigenvalue weighted by Crippen LogP contribution is 2.52. The van der Waals surface area contributed by atoms with Gasteiger partial charge in [0.1, 0.15) is 11.5 Å². The summed E-state index contributed by atoms with van der Waals surface area (Å²) < 4.78 is 33.8. The van der Waals surface area contributed by atoms with Crippen molar-refractivity contribution in [1.82, 2.24) is 0 Å². The predicted molar refractivity (Wildman–Crippen MR) is 114 cm³/mol. The molecule has 152 valence electrons. The van der Waals surface area contributed by atoms with Crippen LogP contribution in [0.15, 0.2) is 54.6 Å². The summed E-state index contributed by atoms with van der Waals surface area (Å²) in [7, 11) is -5.13. The molecule has 0 aliphatic carbocycles. The number of rotatable bonds is 4. The van der Waals surface area contributed by atoms with Gasteiger partial charge in [-0.1, -0.05) is 76.7 Å². The molecule has 3 N–H and O–H groups in total. The van der Waals surface area contributed by atoms with Gasteiger partial charge < -0.3 is 10.2 Å². The van der Waals surface area contributed by atoms with Gasteiger partial charge in [-0.2, -0.15) is 8.42 Å². The molecule has 0 unspecified atom stereocenters. The van der Waals surface area contributed by atoms with Crippen molar-refractivity contribution >= 4 is 56.5 Å². The second-order valence-corrected chi connectivity index (χ2v) is 9.25. The van der Waals surface area contributed by atoms with E-state index in [4.69, 9.17) is 46.4 Å². The molecule has 0 saturated heterocycles. The molecule has 0 bridgehead atoms. The number of para-hydroxylation sites is 2.